The Kier molecular flexibility index (Phi) is 7.09. The van der Waals surface area contributed by atoms with Crippen LogP contribution in [0.4, 0.5) is 5.69 Å². The lowest BCUT2D eigenvalue weighted by Gasteiger charge is -2.28. The number of fused-ring (bicyclic) bond motifs is 3. The second-order valence-electron chi connectivity index (χ2n) is 11.2. The molecule has 0 aliphatic heterocycles. The first-order chi connectivity index (χ1) is 19.5. The number of benzene rings is 5. The van der Waals surface area contributed by atoms with Gasteiger partial charge in [-0.05, 0) is 68.3 Å². The zero-order valence-electron chi connectivity index (χ0n) is 23.7. The smallest absolute Gasteiger partial charge is 0.0946 e. The summed E-state index contributed by atoms with van der Waals surface area (Å²) in [6.07, 6.45) is 0. The molecule has 0 amide bonds. The van der Waals surface area contributed by atoms with Gasteiger partial charge < -0.3 is 5.32 Å². The van der Waals surface area contributed by atoms with E-state index in [9.17, 15) is 0 Å². The molecule has 0 fully saturated rings. The third kappa shape index (κ3) is 4.86. The van der Waals surface area contributed by atoms with E-state index in [1.165, 1.54) is 43.9 Å². The summed E-state index contributed by atoms with van der Waals surface area (Å²) >= 11 is 0. The predicted molar refractivity (Wildman–Crippen MR) is 171 cm³/mol. The van der Waals surface area contributed by atoms with Gasteiger partial charge in [0.1, 0.15) is 0 Å². The summed E-state index contributed by atoms with van der Waals surface area (Å²) in [6.45, 7) is 9.11. The van der Waals surface area contributed by atoms with Gasteiger partial charge in [0, 0.05) is 11.3 Å². The van der Waals surface area contributed by atoms with Gasteiger partial charge in [0.15, 0.2) is 0 Å². The van der Waals surface area contributed by atoms with E-state index in [-0.39, 0.29) is 6.04 Å². The first-order valence-electron chi connectivity index (χ1n) is 14.3. The monoisotopic (exact) mass is 520 g/mol. The normalized spacial score (nSPS) is 12.3. The highest BCUT2D eigenvalue weighted by Gasteiger charge is 2.24. The Morgan fingerprint density at radius 1 is 0.525 bits per heavy atom. The van der Waals surface area contributed by atoms with Crippen molar-refractivity contribution in [1.82, 2.24) is 4.98 Å². The first kappa shape index (κ1) is 25.8. The molecule has 2 nitrogen and oxygen atoms in total. The highest BCUT2D eigenvalue weighted by Crippen LogP contribution is 2.40. The van der Waals surface area contributed by atoms with Crippen molar-refractivity contribution in [1.29, 1.82) is 0 Å². The van der Waals surface area contributed by atoms with Crippen LogP contribution in [0.5, 0.6) is 0 Å². The Bertz CT molecular complexity index is 1760. The van der Waals surface area contributed by atoms with E-state index in [4.69, 9.17) is 4.98 Å². The molecule has 198 valence electrons. The Hall–Kier alpha value is -4.43. The van der Waals surface area contributed by atoms with Gasteiger partial charge in [-0.2, -0.15) is 0 Å². The lowest BCUT2D eigenvalue weighted by molar-refractivity contribution is 0.816. The largest absolute Gasteiger partial charge is 0.372 e. The summed E-state index contributed by atoms with van der Waals surface area (Å²) < 4.78 is 0. The Morgan fingerprint density at radius 3 is 1.82 bits per heavy atom. The highest BCUT2D eigenvalue weighted by molar-refractivity contribution is 6.09. The Morgan fingerprint density at radius 2 is 1.12 bits per heavy atom. The molecule has 6 aromatic rings. The molecule has 0 saturated carbocycles. The van der Waals surface area contributed by atoms with Gasteiger partial charge in [-0.15, -0.1) is 0 Å². The Labute approximate surface area is 237 Å². The van der Waals surface area contributed by atoms with Crippen molar-refractivity contribution in [3.05, 3.63) is 144 Å². The molecule has 1 atom stereocenters. The molecule has 1 N–H and O–H groups in total. The van der Waals surface area contributed by atoms with E-state index < -0.39 is 0 Å². The predicted octanol–water partition coefficient (Wildman–Crippen LogP) is 10.5. The minimum atomic E-state index is -0.143. The van der Waals surface area contributed by atoms with Crippen LogP contribution in [-0.2, 0) is 0 Å². The van der Waals surface area contributed by atoms with E-state index in [1.54, 1.807) is 0 Å². The fourth-order valence-electron chi connectivity index (χ4n) is 5.88. The molecule has 5 aromatic carbocycles. The number of hydrogen-bond acceptors (Lipinski definition) is 2. The number of nitrogens with one attached hydrogen (secondary N) is 1. The van der Waals surface area contributed by atoms with E-state index >= 15 is 0 Å². The molecule has 0 radical (unpaired) electrons. The standard InChI is InChI=1S/C38H36N2/c1-25(2)29-20-12-21-30(26(3)4)37(29)40-38(36-23-13-22-35(39-36)27-14-6-5-7-15-27)34-24-28-16-8-9-17-31(28)32-18-10-11-19-33(32)34/h5-26,38,40H,1-4H3. The number of pyridine rings is 1. The quantitative estimate of drug-likeness (QED) is 0.212. The van der Waals surface area contributed by atoms with Crippen LogP contribution in [0.15, 0.2) is 121 Å². The maximum absolute atomic E-state index is 5.29. The van der Waals surface area contributed by atoms with Gasteiger partial charge in [0.2, 0.25) is 0 Å². The van der Waals surface area contributed by atoms with Crippen molar-refractivity contribution >= 4 is 27.2 Å². The number of hydrogen-bond donors (Lipinski definition) is 1. The minimum absolute atomic E-state index is 0.143. The van der Waals surface area contributed by atoms with Gasteiger partial charge in [-0.25, -0.2) is 0 Å². The second-order valence-corrected chi connectivity index (χ2v) is 11.2. The second kappa shape index (κ2) is 11.0. The lowest BCUT2D eigenvalue weighted by atomic mass is 9.89. The molecule has 40 heavy (non-hydrogen) atoms. The number of para-hydroxylation sites is 1. The van der Waals surface area contributed by atoms with E-state index in [0.29, 0.717) is 11.8 Å². The van der Waals surface area contributed by atoms with E-state index in [1.807, 2.05) is 0 Å². The van der Waals surface area contributed by atoms with Gasteiger partial charge in [0.05, 0.1) is 17.4 Å². The summed E-state index contributed by atoms with van der Waals surface area (Å²) in [5.74, 6) is 0.776. The molecule has 1 aromatic heterocycles. The number of aromatic nitrogens is 1. The van der Waals surface area contributed by atoms with E-state index in [2.05, 4.69) is 154 Å². The summed E-state index contributed by atoms with van der Waals surface area (Å²) in [7, 11) is 0. The van der Waals surface area contributed by atoms with Crippen LogP contribution in [0, 0.1) is 0 Å². The summed E-state index contributed by atoms with van der Waals surface area (Å²) in [5, 5.41) is 9.11. The molecule has 1 unspecified atom stereocenters. The van der Waals surface area contributed by atoms with Gasteiger partial charge in [-0.1, -0.05) is 131 Å². The molecular formula is C38H36N2. The molecular weight excluding hydrogens is 484 g/mol. The van der Waals surface area contributed by atoms with Crippen LogP contribution in [-0.4, -0.2) is 4.98 Å². The highest BCUT2D eigenvalue weighted by atomic mass is 15.0. The zero-order valence-corrected chi connectivity index (χ0v) is 23.7. The van der Waals surface area contributed by atoms with Crippen molar-refractivity contribution in [2.24, 2.45) is 0 Å². The molecule has 2 heteroatoms. The van der Waals surface area contributed by atoms with Gasteiger partial charge >= 0.3 is 0 Å². The third-order valence-corrected chi connectivity index (χ3v) is 7.91. The summed E-state index contributed by atoms with van der Waals surface area (Å²) in [6, 6.07) is 43.3. The third-order valence-electron chi connectivity index (χ3n) is 7.91. The van der Waals surface area contributed by atoms with Gasteiger partial charge in [0.25, 0.3) is 0 Å². The van der Waals surface area contributed by atoms with Crippen LogP contribution in [0.3, 0.4) is 0 Å². The fourth-order valence-corrected chi connectivity index (χ4v) is 5.88. The van der Waals surface area contributed by atoms with Crippen molar-refractivity contribution in [2.75, 3.05) is 5.32 Å². The molecule has 0 bridgehead atoms. The molecule has 6 rings (SSSR count). The first-order valence-corrected chi connectivity index (χ1v) is 14.3. The molecule has 0 saturated heterocycles. The number of nitrogens with zero attached hydrogens (tertiary/aromatic N) is 1. The molecule has 0 spiro atoms. The van der Waals surface area contributed by atoms with Crippen LogP contribution in [0.1, 0.15) is 68.0 Å². The molecule has 0 aliphatic rings. The maximum atomic E-state index is 5.29. The van der Waals surface area contributed by atoms with Crippen molar-refractivity contribution in [3.8, 4) is 11.3 Å². The SMILES string of the molecule is CC(C)c1cccc(C(C)C)c1NC(c1cccc(-c2ccccc2)n1)c1cc2ccccc2c2ccccc12. The van der Waals surface area contributed by atoms with Crippen LogP contribution < -0.4 is 5.32 Å². The molecule has 0 aliphatic carbocycles. The topological polar surface area (TPSA) is 24.9 Å². The summed E-state index contributed by atoms with van der Waals surface area (Å²) in [4.78, 5) is 5.29. The maximum Gasteiger partial charge on any atom is 0.0946 e. The number of anilines is 1. The van der Waals surface area contributed by atoms with Crippen LogP contribution in [0.2, 0.25) is 0 Å². The number of rotatable bonds is 7. The van der Waals surface area contributed by atoms with E-state index in [0.717, 1.165) is 17.0 Å². The fraction of sp³-hybridized carbons (Fsp3) is 0.184. The average Bonchev–Trinajstić information content (AvgIpc) is 3.00. The van der Waals surface area contributed by atoms with Crippen LogP contribution >= 0.6 is 0 Å². The average molecular weight is 521 g/mol. The van der Waals surface area contributed by atoms with Crippen molar-refractivity contribution < 1.29 is 0 Å². The van der Waals surface area contributed by atoms with Crippen molar-refractivity contribution in [3.63, 3.8) is 0 Å². The zero-order chi connectivity index (χ0) is 27.6. The molecule has 1 heterocycles. The van der Waals surface area contributed by atoms with Gasteiger partial charge in [-0.3, -0.25) is 4.98 Å². The van der Waals surface area contributed by atoms with Crippen molar-refractivity contribution in [2.45, 2.75) is 45.6 Å². The minimum Gasteiger partial charge on any atom is -0.372 e. The summed E-state index contributed by atoms with van der Waals surface area (Å²) in [5.41, 5.74) is 8.24. The lowest BCUT2D eigenvalue weighted by Crippen LogP contribution is -2.18. The Balaban J connectivity index is 1.62. The van der Waals surface area contributed by atoms with Crippen LogP contribution in [0.25, 0.3) is 32.8 Å².